The number of hydrogen-bond acceptors (Lipinski definition) is 4. The molecule has 1 N–H and O–H groups in total. The third-order valence-corrected chi connectivity index (χ3v) is 1.93. The topological polar surface area (TPSA) is 69.8 Å². The van der Waals surface area contributed by atoms with E-state index in [0.717, 1.165) is 4.47 Å². The normalized spacial score (nSPS) is 14.6. The molecule has 13 heavy (non-hydrogen) atoms. The molecule has 0 aliphatic rings. The predicted molar refractivity (Wildman–Crippen MR) is 49.5 cm³/mol. The Morgan fingerprint density at radius 1 is 1.62 bits per heavy atom. The fraction of sp³-hybridized carbons (Fsp3) is 0.375. The lowest BCUT2D eigenvalue weighted by Crippen LogP contribution is -2.23. The van der Waals surface area contributed by atoms with Crippen LogP contribution in [-0.4, -0.2) is 15.1 Å². The van der Waals surface area contributed by atoms with Crippen molar-refractivity contribution in [3.63, 3.8) is 0 Å². The first-order valence-electron chi connectivity index (χ1n) is 3.63. The van der Waals surface area contributed by atoms with E-state index in [0.29, 0.717) is 0 Å². The lowest BCUT2D eigenvalue weighted by atomic mass is 10.0. The standard InChI is InChI=1S/C8H8BrN3O/c1-8(13,2-3-10)7-11-4-6(9)5-12-7/h4-5,13H,2H2,1H3. The summed E-state index contributed by atoms with van der Waals surface area (Å²) in [7, 11) is 0. The van der Waals surface area contributed by atoms with Crippen molar-refractivity contribution in [2.75, 3.05) is 0 Å². The average Bonchev–Trinajstić information content (AvgIpc) is 2.05. The van der Waals surface area contributed by atoms with E-state index in [-0.39, 0.29) is 12.2 Å². The Hall–Kier alpha value is -0.990. The third kappa shape index (κ3) is 2.47. The zero-order chi connectivity index (χ0) is 9.90. The molecular weight excluding hydrogens is 234 g/mol. The highest BCUT2D eigenvalue weighted by atomic mass is 79.9. The minimum atomic E-state index is -1.27. The van der Waals surface area contributed by atoms with E-state index >= 15 is 0 Å². The predicted octanol–water partition coefficient (Wildman–Crippen LogP) is 1.36. The van der Waals surface area contributed by atoms with Gasteiger partial charge >= 0.3 is 0 Å². The summed E-state index contributed by atoms with van der Waals surface area (Å²) in [6.07, 6.45) is 3.05. The van der Waals surface area contributed by atoms with E-state index in [1.54, 1.807) is 0 Å². The van der Waals surface area contributed by atoms with Gasteiger partial charge in [0.05, 0.1) is 17.0 Å². The van der Waals surface area contributed by atoms with Crippen molar-refractivity contribution in [1.29, 1.82) is 5.26 Å². The number of hydrogen-bond donors (Lipinski definition) is 1. The second-order valence-corrected chi connectivity index (χ2v) is 3.75. The maximum atomic E-state index is 9.71. The van der Waals surface area contributed by atoms with Gasteiger partial charge < -0.3 is 5.11 Å². The molecule has 1 aromatic heterocycles. The molecule has 1 rings (SSSR count). The van der Waals surface area contributed by atoms with Crippen molar-refractivity contribution in [2.45, 2.75) is 18.9 Å². The van der Waals surface area contributed by atoms with Crippen molar-refractivity contribution in [3.05, 3.63) is 22.7 Å². The quantitative estimate of drug-likeness (QED) is 0.849. The molecule has 0 spiro atoms. The van der Waals surface area contributed by atoms with Crippen molar-refractivity contribution < 1.29 is 5.11 Å². The van der Waals surface area contributed by atoms with Crippen molar-refractivity contribution in [3.8, 4) is 6.07 Å². The van der Waals surface area contributed by atoms with Gasteiger partial charge in [-0.15, -0.1) is 0 Å². The van der Waals surface area contributed by atoms with Crippen molar-refractivity contribution >= 4 is 15.9 Å². The molecule has 5 heteroatoms. The summed E-state index contributed by atoms with van der Waals surface area (Å²) in [6.45, 7) is 1.51. The van der Waals surface area contributed by atoms with Crippen molar-refractivity contribution in [1.82, 2.24) is 9.97 Å². The molecular formula is C8H8BrN3O. The Morgan fingerprint density at radius 2 is 2.15 bits per heavy atom. The fourth-order valence-electron chi connectivity index (χ4n) is 0.823. The van der Waals surface area contributed by atoms with Gasteiger partial charge in [-0.2, -0.15) is 5.26 Å². The lowest BCUT2D eigenvalue weighted by molar-refractivity contribution is 0.0527. The summed E-state index contributed by atoms with van der Waals surface area (Å²) < 4.78 is 0.740. The molecule has 0 aliphatic carbocycles. The molecule has 4 nitrogen and oxygen atoms in total. The monoisotopic (exact) mass is 241 g/mol. The Kier molecular flexibility index (Phi) is 2.96. The highest BCUT2D eigenvalue weighted by Gasteiger charge is 2.25. The first kappa shape index (κ1) is 10.1. The van der Waals surface area contributed by atoms with Crippen LogP contribution in [0.25, 0.3) is 0 Å². The minimum Gasteiger partial charge on any atom is -0.381 e. The first-order chi connectivity index (χ1) is 6.06. The van der Waals surface area contributed by atoms with Crippen LogP contribution in [0.5, 0.6) is 0 Å². The molecule has 0 aliphatic heterocycles. The Labute approximate surface area is 84.4 Å². The van der Waals surface area contributed by atoms with Gasteiger partial charge in [-0.05, 0) is 22.9 Å². The van der Waals surface area contributed by atoms with Gasteiger partial charge in [0.25, 0.3) is 0 Å². The SMILES string of the molecule is CC(O)(CC#N)c1ncc(Br)cn1. The molecule has 1 unspecified atom stereocenters. The van der Waals surface area contributed by atoms with Crippen LogP contribution in [0.4, 0.5) is 0 Å². The number of rotatable bonds is 2. The van der Waals surface area contributed by atoms with E-state index < -0.39 is 5.60 Å². The molecule has 0 fully saturated rings. The van der Waals surface area contributed by atoms with E-state index in [1.165, 1.54) is 19.3 Å². The molecule has 0 saturated heterocycles. The number of halogens is 1. The highest BCUT2D eigenvalue weighted by molar-refractivity contribution is 9.10. The summed E-state index contributed by atoms with van der Waals surface area (Å²) in [4.78, 5) is 7.82. The van der Waals surface area contributed by atoms with Gasteiger partial charge in [-0.3, -0.25) is 0 Å². The summed E-state index contributed by atoms with van der Waals surface area (Å²) in [6, 6.07) is 1.88. The summed E-state index contributed by atoms with van der Waals surface area (Å²) in [5, 5.41) is 18.2. The van der Waals surface area contributed by atoms with Crippen LogP contribution in [0.3, 0.4) is 0 Å². The summed E-state index contributed by atoms with van der Waals surface area (Å²) in [5.41, 5.74) is -1.27. The van der Waals surface area contributed by atoms with E-state index in [1.807, 2.05) is 6.07 Å². The minimum absolute atomic E-state index is 0.0192. The molecule has 1 heterocycles. The Bertz CT molecular complexity index is 328. The zero-order valence-electron chi connectivity index (χ0n) is 7.03. The number of nitrogens with zero attached hydrogens (tertiary/aromatic N) is 3. The number of aliphatic hydroxyl groups is 1. The molecule has 1 atom stereocenters. The van der Waals surface area contributed by atoms with Crippen LogP contribution in [0.1, 0.15) is 19.2 Å². The summed E-state index contributed by atoms with van der Waals surface area (Å²) >= 11 is 3.18. The Morgan fingerprint density at radius 3 is 2.62 bits per heavy atom. The van der Waals surface area contributed by atoms with Crippen LogP contribution < -0.4 is 0 Å². The van der Waals surface area contributed by atoms with Gasteiger partial charge in [0, 0.05) is 12.4 Å². The molecule has 0 amide bonds. The van der Waals surface area contributed by atoms with Gasteiger partial charge in [0.1, 0.15) is 5.60 Å². The number of nitriles is 1. The molecule has 1 aromatic rings. The van der Waals surface area contributed by atoms with Crippen LogP contribution in [0, 0.1) is 11.3 Å². The molecule has 68 valence electrons. The number of aromatic nitrogens is 2. The molecule has 0 aromatic carbocycles. The van der Waals surface area contributed by atoms with E-state index in [9.17, 15) is 5.11 Å². The Balaban J connectivity index is 2.95. The third-order valence-electron chi connectivity index (χ3n) is 1.53. The van der Waals surface area contributed by atoms with Crippen molar-refractivity contribution in [2.24, 2.45) is 0 Å². The first-order valence-corrected chi connectivity index (χ1v) is 4.43. The van der Waals surface area contributed by atoms with Gasteiger partial charge in [-0.1, -0.05) is 0 Å². The van der Waals surface area contributed by atoms with Crippen LogP contribution in [-0.2, 0) is 5.60 Å². The fourth-order valence-corrected chi connectivity index (χ4v) is 1.03. The largest absolute Gasteiger partial charge is 0.381 e. The molecule has 0 bridgehead atoms. The maximum Gasteiger partial charge on any atom is 0.160 e. The van der Waals surface area contributed by atoms with Crippen LogP contribution in [0.15, 0.2) is 16.9 Å². The second kappa shape index (κ2) is 3.81. The van der Waals surface area contributed by atoms with Gasteiger partial charge in [0.15, 0.2) is 5.82 Å². The smallest absolute Gasteiger partial charge is 0.160 e. The second-order valence-electron chi connectivity index (χ2n) is 2.83. The van der Waals surface area contributed by atoms with E-state index in [4.69, 9.17) is 5.26 Å². The van der Waals surface area contributed by atoms with E-state index in [2.05, 4.69) is 25.9 Å². The van der Waals surface area contributed by atoms with Crippen LogP contribution >= 0.6 is 15.9 Å². The van der Waals surface area contributed by atoms with Gasteiger partial charge in [-0.25, -0.2) is 9.97 Å². The maximum absolute atomic E-state index is 9.71. The molecule has 0 saturated carbocycles. The average molecular weight is 242 g/mol. The zero-order valence-corrected chi connectivity index (χ0v) is 8.61. The van der Waals surface area contributed by atoms with Gasteiger partial charge in [0.2, 0.25) is 0 Å². The van der Waals surface area contributed by atoms with Crippen LogP contribution in [0.2, 0.25) is 0 Å². The summed E-state index contributed by atoms with van der Waals surface area (Å²) in [5.74, 6) is 0.261. The molecule has 0 radical (unpaired) electrons. The lowest BCUT2D eigenvalue weighted by Gasteiger charge is -2.17. The highest BCUT2D eigenvalue weighted by Crippen LogP contribution is 2.20.